The number of halogens is 4. The highest BCUT2D eigenvalue weighted by molar-refractivity contribution is 6.31. The van der Waals surface area contributed by atoms with Crippen molar-refractivity contribution < 1.29 is 37.3 Å². The number of carbonyl (C=O) groups is 2. The van der Waals surface area contributed by atoms with Crippen LogP contribution in [-0.2, 0) is 22.5 Å². The van der Waals surface area contributed by atoms with Crippen molar-refractivity contribution in [2.75, 3.05) is 20.3 Å². The van der Waals surface area contributed by atoms with Gasteiger partial charge in [-0.1, -0.05) is 41.9 Å². The van der Waals surface area contributed by atoms with Gasteiger partial charge in [0.1, 0.15) is 11.9 Å². The Kier molecular flexibility index (Phi) is 8.94. The zero-order valence-electron chi connectivity index (χ0n) is 19.1. The number of hydrogen-bond donors (Lipinski definition) is 2. The van der Waals surface area contributed by atoms with Gasteiger partial charge in [0.05, 0.1) is 31.5 Å². The van der Waals surface area contributed by atoms with Gasteiger partial charge in [0.25, 0.3) is 5.91 Å². The summed E-state index contributed by atoms with van der Waals surface area (Å²) in [4.78, 5) is 21.5. The summed E-state index contributed by atoms with van der Waals surface area (Å²) in [7, 11) is 1.52. The third-order valence-corrected chi connectivity index (χ3v) is 5.38. The number of aliphatic carboxylic acids is 1. The first kappa shape index (κ1) is 27.0. The van der Waals surface area contributed by atoms with Gasteiger partial charge in [-0.25, -0.2) is 4.79 Å². The molecule has 1 atom stereocenters. The van der Waals surface area contributed by atoms with E-state index in [1.165, 1.54) is 12.7 Å². The van der Waals surface area contributed by atoms with Crippen LogP contribution in [0.15, 0.2) is 54.7 Å². The number of nitrogens with one attached hydrogen (secondary N) is 1. The van der Waals surface area contributed by atoms with Gasteiger partial charge >= 0.3 is 12.1 Å². The molecule has 36 heavy (non-hydrogen) atoms. The third-order valence-electron chi connectivity index (χ3n) is 5.15. The summed E-state index contributed by atoms with van der Waals surface area (Å²) in [6, 6.07) is 15.1. The first-order chi connectivity index (χ1) is 17.1. The van der Waals surface area contributed by atoms with Gasteiger partial charge in [0, 0.05) is 17.8 Å². The molecule has 1 unspecified atom stereocenters. The molecule has 0 fully saturated rings. The summed E-state index contributed by atoms with van der Waals surface area (Å²) >= 11 is 6.03. The molecule has 0 radical (unpaired) electrons. The second kappa shape index (κ2) is 11.9. The van der Waals surface area contributed by atoms with Crippen molar-refractivity contribution >= 4 is 23.5 Å². The second-order valence-corrected chi connectivity index (χ2v) is 8.13. The summed E-state index contributed by atoms with van der Waals surface area (Å²) in [6.45, 7) is 1.63. The molecule has 2 heterocycles. The molecule has 4 rings (SSSR count). The Morgan fingerprint density at radius 3 is 2.58 bits per heavy atom. The van der Waals surface area contributed by atoms with Crippen LogP contribution in [-0.4, -0.2) is 53.2 Å². The lowest BCUT2D eigenvalue weighted by molar-refractivity contribution is -0.192. The van der Waals surface area contributed by atoms with E-state index in [9.17, 15) is 18.0 Å². The van der Waals surface area contributed by atoms with E-state index in [2.05, 4.69) is 23.6 Å². The number of carbonyl (C=O) groups excluding carboxylic acids is 1. The number of methoxy groups -OCH3 is 1. The van der Waals surface area contributed by atoms with Crippen LogP contribution in [0.4, 0.5) is 13.2 Å². The van der Waals surface area contributed by atoms with Crippen LogP contribution in [0.2, 0.25) is 5.02 Å². The fourth-order valence-electron chi connectivity index (χ4n) is 3.48. The van der Waals surface area contributed by atoms with Crippen LogP contribution < -0.4 is 10.1 Å². The average Bonchev–Trinajstić information content (AvgIpc) is 3.26. The van der Waals surface area contributed by atoms with Crippen LogP contribution in [0.3, 0.4) is 0 Å². The molecular formula is C24H23ClF3N3O5. The molecule has 0 bridgehead atoms. The standard InChI is InChI=1S/C22H22ClN3O3.C2HF3O2/c1-28-19-8-7-17(23)11-18(19)22(27)24-12-20-21-16(9-10-29-20)14-26(25-21)13-15-5-3-2-4-6-15;3-2(4,5)1(6)7/h2-8,11,14,20H,9-10,12-13H2,1H3,(H,24,27);(H,6,7). The SMILES string of the molecule is COc1ccc(Cl)cc1C(=O)NCC1OCCc2cn(Cc3ccccc3)nc21.O=C(O)C(F)(F)F. The van der Waals surface area contributed by atoms with Gasteiger partial charge in [-0.05, 0) is 35.7 Å². The van der Waals surface area contributed by atoms with E-state index in [1.54, 1.807) is 18.2 Å². The van der Waals surface area contributed by atoms with Crippen molar-refractivity contribution in [2.45, 2.75) is 25.2 Å². The van der Waals surface area contributed by atoms with Gasteiger partial charge < -0.3 is 19.9 Å². The predicted octanol–water partition coefficient (Wildman–Crippen LogP) is 4.27. The molecule has 0 aliphatic carbocycles. The molecule has 1 aliphatic rings. The van der Waals surface area contributed by atoms with Gasteiger partial charge in [0.15, 0.2) is 0 Å². The zero-order chi connectivity index (χ0) is 26.3. The van der Waals surface area contributed by atoms with E-state index in [1.807, 2.05) is 22.9 Å². The van der Waals surface area contributed by atoms with Gasteiger partial charge in [-0.2, -0.15) is 18.3 Å². The number of hydrogen-bond acceptors (Lipinski definition) is 5. The van der Waals surface area contributed by atoms with Gasteiger partial charge in [-0.15, -0.1) is 0 Å². The summed E-state index contributed by atoms with van der Waals surface area (Å²) in [5, 5.41) is 15.2. The van der Waals surface area contributed by atoms with Crippen molar-refractivity contribution in [3.63, 3.8) is 0 Å². The number of amides is 1. The summed E-state index contributed by atoms with van der Waals surface area (Å²) in [5.41, 5.74) is 3.62. The number of carboxylic acids is 1. The summed E-state index contributed by atoms with van der Waals surface area (Å²) < 4.78 is 44.8. The van der Waals surface area contributed by atoms with E-state index < -0.39 is 12.1 Å². The van der Waals surface area contributed by atoms with Crippen LogP contribution in [0.25, 0.3) is 0 Å². The highest BCUT2D eigenvalue weighted by Gasteiger charge is 2.38. The van der Waals surface area contributed by atoms with Crippen molar-refractivity contribution in [3.8, 4) is 5.75 Å². The molecular weight excluding hydrogens is 503 g/mol. The van der Waals surface area contributed by atoms with Crippen molar-refractivity contribution in [1.82, 2.24) is 15.1 Å². The van der Waals surface area contributed by atoms with Crippen LogP contribution >= 0.6 is 11.6 Å². The van der Waals surface area contributed by atoms with Crippen molar-refractivity contribution in [1.29, 1.82) is 0 Å². The summed E-state index contributed by atoms with van der Waals surface area (Å²) in [5.74, 6) is -2.54. The smallest absolute Gasteiger partial charge is 0.490 e. The van der Waals surface area contributed by atoms with Gasteiger partial charge in [-0.3, -0.25) is 9.48 Å². The Hall–Kier alpha value is -3.57. The van der Waals surface area contributed by atoms with E-state index >= 15 is 0 Å². The zero-order valence-corrected chi connectivity index (χ0v) is 19.8. The highest BCUT2D eigenvalue weighted by Crippen LogP contribution is 2.27. The number of ether oxygens (including phenoxy) is 2. The fourth-order valence-corrected chi connectivity index (χ4v) is 3.65. The molecule has 1 amide bonds. The predicted molar refractivity (Wildman–Crippen MR) is 124 cm³/mol. The number of nitrogens with zero attached hydrogens (tertiary/aromatic N) is 2. The molecule has 8 nitrogen and oxygen atoms in total. The minimum absolute atomic E-state index is 0.260. The third kappa shape index (κ3) is 7.22. The van der Waals surface area contributed by atoms with Crippen molar-refractivity contribution in [3.05, 3.63) is 82.1 Å². The molecule has 1 aromatic heterocycles. The Morgan fingerprint density at radius 2 is 1.94 bits per heavy atom. The molecule has 2 aromatic carbocycles. The molecule has 2 N–H and O–H groups in total. The molecule has 12 heteroatoms. The number of alkyl halides is 3. The fraction of sp³-hybridized carbons (Fsp3) is 0.292. The Morgan fingerprint density at radius 1 is 1.25 bits per heavy atom. The van der Waals surface area contributed by atoms with E-state index in [4.69, 9.17) is 36.1 Å². The first-order valence-corrected chi connectivity index (χ1v) is 11.1. The molecule has 0 spiro atoms. The molecule has 1 aliphatic heterocycles. The Labute approximate surface area is 209 Å². The average molecular weight is 526 g/mol. The maximum atomic E-state index is 12.6. The largest absolute Gasteiger partial charge is 0.496 e. The van der Waals surface area contributed by atoms with Crippen LogP contribution in [0.1, 0.15) is 33.3 Å². The first-order valence-electron chi connectivity index (χ1n) is 10.7. The van der Waals surface area contributed by atoms with Crippen LogP contribution in [0.5, 0.6) is 5.75 Å². The van der Waals surface area contributed by atoms with Crippen molar-refractivity contribution in [2.24, 2.45) is 0 Å². The Balaban J connectivity index is 0.000000454. The highest BCUT2D eigenvalue weighted by atomic mass is 35.5. The maximum absolute atomic E-state index is 12.6. The van der Waals surface area contributed by atoms with E-state index in [-0.39, 0.29) is 12.0 Å². The number of carboxylic acid groups (broad SMARTS) is 1. The minimum Gasteiger partial charge on any atom is -0.496 e. The normalized spacial score (nSPS) is 14.8. The van der Waals surface area contributed by atoms with Gasteiger partial charge in [0.2, 0.25) is 0 Å². The quantitative estimate of drug-likeness (QED) is 0.498. The lowest BCUT2D eigenvalue weighted by atomic mass is 10.1. The topological polar surface area (TPSA) is 103 Å². The lowest BCUT2D eigenvalue weighted by Gasteiger charge is -2.22. The monoisotopic (exact) mass is 525 g/mol. The second-order valence-electron chi connectivity index (χ2n) is 7.69. The number of aromatic nitrogens is 2. The molecule has 0 saturated carbocycles. The molecule has 192 valence electrons. The lowest BCUT2D eigenvalue weighted by Crippen LogP contribution is -2.32. The maximum Gasteiger partial charge on any atom is 0.490 e. The molecule has 3 aromatic rings. The number of fused-ring (bicyclic) bond motifs is 1. The number of rotatable bonds is 6. The van der Waals surface area contributed by atoms with Crippen LogP contribution in [0, 0.1) is 0 Å². The van der Waals surface area contributed by atoms with E-state index in [0.29, 0.717) is 36.0 Å². The summed E-state index contributed by atoms with van der Waals surface area (Å²) in [6.07, 6.45) is -2.49. The van der Waals surface area contributed by atoms with E-state index in [0.717, 1.165) is 17.7 Å². The minimum atomic E-state index is -5.08. The molecule has 0 saturated heterocycles. The Bertz CT molecular complexity index is 1200. The number of benzene rings is 2.